The number of benzene rings is 1. The lowest BCUT2D eigenvalue weighted by molar-refractivity contribution is -0.142. The molecular weight excluding hydrogens is 498 g/mol. The van der Waals surface area contributed by atoms with Gasteiger partial charge in [-0.15, -0.1) is 0 Å². The largest absolute Gasteiger partial charge is 0.479 e. The molecule has 0 radical (unpaired) electrons. The van der Waals surface area contributed by atoms with Crippen LogP contribution in [-0.2, 0) is 14.4 Å². The number of carboxylic acids is 1. The third kappa shape index (κ3) is 7.23. The molecule has 0 spiro atoms. The van der Waals surface area contributed by atoms with Crippen LogP contribution in [0.25, 0.3) is 11.0 Å². The van der Waals surface area contributed by atoms with E-state index in [9.17, 15) is 14.4 Å². The number of carboxylic acid groups (broad SMARTS) is 1. The Bertz CT molecular complexity index is 1230. The van der Waals surface area contributed by atoms with Crippen molar-refractivity contribution in [2.24, 2.45) is 11.1 Å². The number of amides is 1. The average Bonchev–Trinajstić information content (AvgIpc) is 2.95. The molecule has 2 N–H and O–H groups in total. The molecule has 0 unspecified atom stereocenters. The number of oxime groups is 1. The van der Waals surface area contributed by atoms with Gasteiger partial charge in [-0.25, -0.2) is 9.78 Å². The van der Waals surface area contributed by atoms with Gasteiger partial charge in [-0.1, -0.05) is 49.9 Å². The van der Waals surface area contributed by atoms with Crippen LogP contribution < -0.4 is 10.9 Å². The van der Waals surface area contributed by atoms with Gasteiger partial charge in [0, 0.05) is 45.1 Å². The number of hydrogen-bond acceptors (Lipinski definition) is 7. The lowest BCUT2D eigenvalue weighted by atomic mass is 9.82. The summed E-state index contributed by atoms with van der Waals surface area (Å²) < 4.78 is 1.84. The summed E-state index contributed by atoms with van der Waals surface area (Å²) in [4.78, 5) is 49.1. The molecule has 2 fully saturated rings. The van der Waals surface area contributed by atoms with Crippen molar-refractivity contribution in [3.05, 3.63) is 40.3 Å². The zero-order valence-corrected chi connectivity index (χ0v) is 23.1. The van der Waals surface area contributed by atoms with E-state index in [4.69, 9.17) is 9.94 Å². The first-order valence-electron chi connectivity index (χ1n) is 14.3. The number of nitrogens with zero attached hydrogens (tertiary/aromatic N) is 4. The van der Waals surface area contributed by atoms with Crippen LogP contribution in [0.5, 0.6) is 0 Å². The number of likely N-dealkylation sites (tertiary alicyclic amines) is 1. The van der Waals surface area contributed by atoms with Crippen molar-refractivity contribution < 1.29 is 19.5 Å². The summed E-state index contributed by atoms with van der Waals surface area (Å²) in [5.41, 5.74) is 1.39. The molecule has 1 saturated carbocycles. The van der Waals surface area contributed by atoms with Crippen LogP contribution in [0.2, 0.25) is 0 Å². The molecule has 2 atom stereocenters. The minimum Gasteiger partial charge on any atom is -0.479 e. The summed E-state index contributed by atoms with van der Waals surface area (Å²) in [6, 6.07) is 8.19. The molecule has 212 valence electrons. The number of aromatic nitrogens is 2. The molecule has 1 aliphatic heterocycles. The van der Waals surface area contributed by atoms with Gasteiger partial charge in [0.2, 0.25) is 12.5 Å². The molecule has 1 amide bonds. The molecule has 2 aliphatic rings. The number of nitrogens with one attached hydrogen (secondary N) is 1. The number of carbonyl (C=O) groups is 2. The molecule has 0 bridgehead atoms. The molecule has 1 aromatic heterocycles. The summed E-state index contributed by atoms with van der Waals surface area (Å²) in [7, 11) is 1.53. The maximum absolute atomic E-state index is 14.0. The number of aliphatic carboxylic acids is 1. The lowest BCUT2D eigenvalue weighted by Crippen LogP contribution is -2.45. The number of fused-ring (bicyclic) bond motifs is 1. The van der Waals surface area contributed by atoms with E-state index in [0.29, 0.717) is 11.6 Å². The van der Waals surface area contributed by atoms with Gasteiger partial charge in [-0.05, 0) is 43.7 Å². The maximum Gasteiger partial charge on any atom is 0.344 e. The molecule has 1 aromatic carbocycles. The van der Waals surface area contributed by atoms with Crippen LogP contribution in [0, 0.1) is 5.92 Å². The molecule has 39 heavy (non-hydrogen) atoms. The summed E-state index contributed by atoms with van der Waals surface area (Å²) >= 11 is 0. The Kier molecular flexibility index (Phi) is 10.1. The van der Waals surface area contributed by atoms with Crippen molar-refractivity contribution >= 4 is 28.6 Å². The normalized spacial score (nSPS) is 21.1. The molecule has 1 saturated heterocycles. The van der Waals surface area contributed by atoms with E-state index in [1.807, 2.05) is 28.8 Å². The first-order chi connectivity index (χ1) is 18.9. The van der Waals surface area contributed by atoms with E-state index in [2.05, 4.69) is 27.3 Å². The second-order valence-electron chi connectivity index (χ2n) is 10.7. The van der Waals surface area contributed by atoms with Gasteiger partial charge < -0.3 is 24.7 Å². The number of hydrogen-bond donors (Lipinski definition) is 2. The van der Waals surface area contributed by atoms with E-state index in [1.165, 1.54) is 45.6 Å². The topological polar surface area (TPSA) is 126 Å². The first-order valence-corrected chi connectivity index (χ1v) is 14.3. The van der Waals surface area contributed by atoms with E-state index >= 15 is 0 Å². The van der Waals surface area contributed by atoms with Gasteiger partial charge in [0.15, 0.2) is 5.69 Å². The monoisotopic (exact) mass is 539 g/mol. The zero-order valence-electron chi connectivity index (χ0n) is 23.1. The van der Waals surface area contributed by atoms with Crippen LogP contribution in [-0.4, -0.2) is 69.9 Å². The molecule has 2 aromatic rings. The van der Waals surface area contributed by atoms with Crippen molar-refractivity contribution in [1.82, 2.24) is 19.8 Å². The Hall–Kier alpha value is -3.27. The molecule has 10 heteroatoms. The van der Waals surface area contributed by atoms with E-state index < -0.39 is 12.6 Å². The van der Waals surface area contributed by atoms with Crippen LogP contribution in [0.15, 0.2) is 34.2 Å². The van der Waals surface area contributed by atoms with Gasteiger partial charge in [0.1, 0.15) is 5.71 Å². The van der Waals surface area contributed by atoms with E-state index in [-0.39, 0.29) is 41.8 Å². The summed E-state index contributed by atoms with van der Waals surface area (Å²) in [5.74, 6) is -0.575. The van der Waals surface area contributed by atoms with Crippen molar-refractivity contribution in [3.63, 3.8) is 0 Å². The quantitative estimate of drug-likeness (QED) is 0.329. The van der Waals surface area contributed by atoms with Crippen LogP contribution >= 0.6 is 0 Å². The number of carbonyl (C=O) groups excluding carboxylic acids is 1. The molecule has 1 aliphatic carbocycles. The highest BCUT2D eigenvalue weighted by atomic mass is 16.6. The standard InChI is InChI=1S/C29H41N5O5/c1-3-7-20-8-6-9-22(18-20)33-16-14-21(15-17-33)34-25-11-5-4-10-23(25)31-28(29(34)38)24(12-13-26(35)30-2)32-39-19-27(36)37/h4-5,10-11,20-22H,3,6-9,12-19H2,1-2H3,(H,30,35)(H,36,37)/b32-24+/t20-,22-/m0/s1. The second kappa shape index (κ2) is 13.7. The fourth-order valence-electron chi connectivity index (χ4n) is 6.21. The number of para-hydroxylation sites is 2. The minimum absolute atomic E-state index is 0.00978. The Morgan fingerprint density at radius 1 is 1.13 bits per heavy atom. The predicted octanol–water partition coefficient (Wildman–Crippen LogP) is 3.72. The summed E-state index contributed by atoms with van der Waals surface area (Å²) in [6.45, 7) is 3.52. The van der Waals surface area contributed by atoms with Crippen LogP contribution in [0.1, 0.15) is 82.9 Å². The van der Waals surface area contributed by atoms with Gasteiger partial charge >= 0.3 is 5.97 Å². The van der Waals surface area contributed by atoms with Gasteiger partial charge in [-0.2, -0.15) is 0 Å². The van der Waals surface area contributed by atoms with Crippen LogP contribution in [0.4, 0.5) is 0 Å². The molecular formula is C29H41N5O5. The van der Waals surface area contributed by atoms with Crippen molar-refractivity contribution in [1.29, 1.82) is 0 Å². The highest BCUT2D eigenvalue weighted by Gasteiger charge is 2.31. The Morgan fingerprint density at radius 3 is 2.62 bits per heavy atom. The molecule has 4 rings (SSSR count). The number of rotatable bonds is 11. The maximum atomic E-state index is 14.0. The van der Waals surface area contributed by atoms with E-state index in [0.717, 1.165) is 37.4 Å². The fraction of sp³-hybridized carbons (Fsp3) is 0.621. The fourth-order valence-corrected chi connectivity index (χ4v) is 6.21. The Labute approximate surface area is 229 Å². The van der Waals surface area contributed by atoms with Gasteiger partial charge in [0.05, 0.1) is 11.0 Å². The zero-order chi connectivity index (χ0) is 27.8. The summed E-state index contributed by atoms with van der Waals surface area (Å²) in [5, 5.41) is 15.5. The Morgan fingerprint density at radius 2 is 1.90 bits per heavy atom. The highest BCUT2D eigenvalue weighted by molar-refractivity contribution is 6.01. The number of piperidine rings is 1. The van der Waals surface area contributed by atoms with Gasteiger partial charge in [-0.3, -0.25) is 9.59 Å². The second-order valence-corrected chi connectivity index (χ2v) is 10.7. The van der Waals surface area contributed by atoms with Crippen molar-refractivity contribution in [2.75, 3.05) is 26.7 Å². The first kappa shape index (κ1) is 28.7. The lowest BCUT2D eigenvalue weighted by Gasteiger charge is -2.41. The van der Waals surface area contributed by atoms with Gasteiger partial charge in [0.25, 0.3) is 5.56 Å². The SMILES string of the molecule is CCC[C@H]1CCC[C@H](N2CCC(n3c(=O)c(/C(CCC(=O)NC)=N/OCC(=O)O)nc4ccccc43)CC2)C1. The van der Waals surface area contributed by atoms with Crippen LogP contribution in [0.3, 0.4) is 0 Å². The smallest absolute Gasteiger partial charge is 0.344 e. The predicted molar refractivity (Wildman–Crippen MR) is 150 cm³/mol. The highest BCUT2D eigenvalue weighted by Crippen LogP contribution is 2.34. The van der Waals surface area contributed by atoms with E-state index in [1.54, 1.807) is 0 Å². The minimum atomic E-state index is -1.18. The average molecular weight is 540 g/mol. The Balaban J connectivity index is 1.61. The molecule has 2 heterocycles. The molecule has 10 nitrogen and oxygen atoms in total. The van der Waals surface area contributed by atoms with Crippen molar-refractivity contribution in [3.8, 4) is 0 Å². The summed E-state index contributed by atoms with van der Waals surface area (Å²) in [6.07, 6.45) is 9.64. The third-order valence-electron chi connectivity index (χ3n) is 8.13. The van der Waals surface area contributed by atoms with Crippen molar-refractivity contribution in [2.45, 2.75) is 83.2 Å². The third-order valence-corrected chi connectivity index (χ3v) is 8.13.